The second-order valence-corrected chi connectivity index (χ2v) is 4.76. The highest BCUT2D eigenvalue weighted by Crippen LogP contribution is 2.13. The van der Waals surface area contributed by atoms with Gasteiger partial charge >= 0.3 is 0 Å². The number of rotatable bonds is 6. The topological polar surface area (TPSA) is 97.6 Å². The summed E-state index contributed by atoms with van der Waals surface area (Å²) in [4.78, 5) is 35.1. The minimum Gasteiger partial charge on any atom is -0.484 e. The molecular weight excluding hydrogens is 300 g/mol. The zero-order valence-corrected chi connectivity index (χ0v) is 12.7. The van der Waals surface area contributed by atoms with Gasteiger partial charge in [-0.05, 0) is 26.0 Å². The van der Waals surface area contributed by atoms with Crippen LogP contribution < -0.4 is 21.0 Å². The molecule has 2 aromatic rings. The molecule has 0 unspecified atom stereocenters. The summed E-state index contributed by atoms with van der Waals surface area (Å²) in [5.74, 6) is -0.189. The molecule has 1 aromatic carbocycles. The van der Waals surface area contributed by atoms with E-state index in [2.05, 4.69) is 10.9 Å². The number of carbonyl (C=O) groups is 2. The van der Waals surface area contributed by atoms with Crippen LogP contribution in [0, 0.1) is 6.92 Å². The third-order valence-electron chi connectivity index (χ3n) is 2.85. The fraction of sp³-hybridized carbons (Fsp3) is 0.188. The van der Waals surface area contributed by atoms with Crippen molar-refractivity contribution in [3.05, 3.63) is 57.9 Å². The normalized spacial score (nSPS) is 10.0. The van der Waals surface area contributed by atoms with Crippen LogP contribution in [0.2, 0.25) is 0 Å². The number of nitrogens with one attached hydrogen (secondary N) is 2. The SMILES string of the molecule is CC(=O)c1c(NNC(=O)COc2ccccc2)oc(C)cc1=O. The number of ketones is 1. The average molecular weight is 316 g/mol. The number of hydrogen-bond acceptors (Lipinski definition) is 6. The minimum absolute atomic E-state index is 0.101. The van der Waals surface area contributed by atoms with Gasteiger partial charge in [0.2, 0.25) is 5.88 Å². The lowest BCUT2D eigenvalue weighted by molar-refractivity contribution is -0.122. The lowest BCUT2D eigenvalue weighted by Gasteiger charge is -2.11. The number of anilines is 1. The lowest BCUT2D eigenvalue weighted by atomic mass is 10.2. The molecule has 0 saturated carbocycles. The summed E-state index contributed by atoms with van der Waals surface area (Å²) in [5, 5.41) is 0. The fourth-order valence-electron chi connectivity index (χ4n) is 1.86. The maximum Gasteiger partial charge on any atom is 0.276 e. The van der Waals surface area contributed by atoms with E-state index >= 15 is 0 Å². The molecule has 120 valence electrons. The number of hydrogen-bond donors (Lipinski definition) is 2. The molecule has 1 heterocycles. The fourth-order valence-corrected chi connectivity index (χ4v) is 1.86. The van der Waals surface area contributed by atoms with Crippen molar-refractivity contribution < 1.29 is 18.7 Å². The first kappa shape index (κ1) is 16.3. The monoisotopic (exact) mass is 316 g/mol. The van der Waals surface area contributed by atoms with Crippen molar-refractivity contribution >= 4 is 17.6 Å². The van der Waals surface area contributed by atoms with E-state index in [9.17, 15) is 14.4 Å². The van der Waals surface area contributed by atoms with Gasteiger partial charge in [-0.25, -0.2) is 0 Å². The van der Waals surface area contributed by atoms with Crippen LogP contribution in [0.5, 0.6) is 5.75 Å². The molecule has 0 aliphatic rings. The van der Waals surface area contributed by atoms with E-state index < -0.39 is 17.1 Å². The van der Waals surface area contributed by atoms with Gasteiger partial charge in [0, 0.05) is 6.07 Å². The van der Waals surface area contributed by atoms with E-state index in [1.807, 2.05) is 6.07 Å². The predicted molar refractivity (Wildman–Crippen MR) is 83.4 cm³/mol. The van der Waals surface area contributed by atoms with E-state index in [1.54, 1.807) is 31.2 Å². The molecule has 0 atom stereocenters. The van der Waals surface area contributed by atoms with E-state index in [4.69, 9.17) is 9.15 Å². The zero-order chi connectivity index (χ0) is 16.8. The molecule has 0 aliphatic heterocycles. The Bertz CT molecular complexity index is 768. The summed E-state index contributed by atoms with van der Waals surface area (Å²) >= 11 is 0. The number of Topliss-reactive ketones (excluding diaryl/α,β-unsaturated/α-hetero) is 1. The van der Waals surface area contributed by atoms with E-state index in [1.165, 1.54) is 13.0 Å². The van der Waals surface area contributed by atoms with Crippen molar-refractivity contribution in [1.82, 2.24) is 5.43 Å². The molecule has 0 saturated heterocycles. The highest BCUT2D eigenvalue weighted by Gasteiger charge is 2.16. The van der Waals surface area contributed by atoms with Gasteiger partial charge in [0.1, 0.15) is 17.1 Å². The van der Waals surface area contributed by atoms with Gasteiger partial charge in [-0.3, -0.25) is 25.2 Å². The summed E-state index contributed by atoms with van der Waals surface area (Å²) in [6.45, 7) is 2.58. The van der Waals surface area contributed by atoms with Crippen LogP contribution in [0.1, 0.15) is 23.0 Å². The molecule has 1 aromatic heterocycles. The second-order valence-electron chi connectivity index (χ2n) is 4.76. The molecule has 2 rings (SSSR count). The van der Waals surface area contributed by atoms with Crippen LogP contribution in [0.25, 0.3) is 0 Å². The quantitative estimate of drug-likeness (QED) is 0.621. The molecular formula is C16H16N2O5. The number of ether oxygens (including phenoxy) is 1. The number of benzene rings is 1. The Hall–Kier alpha value is -3.09. The number of aryl methyl sites for hydroxylation is 1. The summed E-state index contributed by atoms with van der Waals surface area (Å²) in [6.07, 6.45) is 0. The van der Waals surface area contributed by atoms with Gasteiger partial charge in [-0.2, -0.15) is 0 Å². The van der Waals surface area contributed by atoms with E-state index in [-0.39, 0.29) is 18.1 Å². The van der Waals surface area contributed by atoms with Crippen LogP contribution in [-0.4, -0.2) is 18.3 Å². The van der Waals surface area contributed by atoms with Crippen LogP contribution in [0.4, 0.5) is 5.88 Å². The van der Waals surface area contributed by atoms with Gasteiger partial charge in [0.05, 0.1) is 0 Å². The van der Waals surface area contributed by atoms with Crippen molar-refractivity contribution in [2.75, 3.05) is 12.0 Å². The third-order valence-corrected chi connectivity index (χ3v) is 2.85. The second kappa shape index (κ2) is 7.26. The first-order valence-electron chi connectivity index (χ1n) is 6.86. The molecule has 0 radical (unpaired) electrons. The van der Waals surface area contributed by atoms with Crippen molar-refractivity contribution in [2.24, 2.45) is 0 Å². The average Bonchev–Trinajstić information content (AvgIpc) is 2.50. The van der Waals surface area contributed by atoms with Crippen LogP contribution in [-0.2, 0) is 4.79 Å². The van der Waals surface area contributed by atoms with Crippen LogP contribution in [0.15, 0.2) is 45.6 Å². The van der Waals surface area contributed by atoms with Crippen molar-refractivity contribution in [2.45, 2.75) is 13.8 Å². The highest BCUT2D eigenvalue weighted by molar-refractivity contribution is 5.98. The largest absolute Gasteiger partial charge is 0.484 e. The van der Waals surface area contributed by atoms with Crippen LogP contribution in [0.3, 0.4) is 0 Å². The lowest BCUT2D eigenvalue weighted by Crippen LogP contribution is -2.35. The third kappa shape index (κ3) is 4.44. The van der Waals surface area contributed by atoms with E-state index in [0.717, 1.165) is 0 Å². The molecule has 2 N–H and O–H groups in total. The van der Waals surface area contributed by atoms with Gasteiger partial charge < -0.3 is 9.15 Å². The molecule has 7 nitrogen and oxygen atoms in total. The maximum absolute atomic E-state index is 11.8. The predicted octanol–water partition coefficient (Wildman–Crippen LogP) is 1.67. The first-order valence-corrected chi connectivity index (χ1v) is 6.86. The first-order chi connectivity index (χ1) is 11.0. The molecule has 7 heteroatoms. The van der Waals surface area contributed by atoms with Crippen molar-refractivity contribution in [3.63, 3.8) is 0 Å². The smallest absolute Gasteiger partial charge is 0.276 e. The Balaban J connectivity index is 1.99. The summed E-state index contributed by atoms with van der Waals surface area (Å²) in [7, 11) is 0. The summed E-state index contributed by atoms with van der Waals surface area (Å²) < 4.78 is 10.5. The highest BCUT2D eigenvalue weighted by atomic mass is 16.5. The zero-order valence-electron chi connectivity index (χ0n) is 12.7. The molecule has 0 spiro atoms. The summed E-state index contributed by atoms with van der Waals surface area (Å²) in [6, 6.07) is 10.0. The van der Waals surface area contributed by atoms with Gasteiger partial charge in [-0.1, -0.05) is 18.2 Å². The minimum atomic E-state index is -0.493. The molecule has 23 heavy (non-hydrogen) atoms. The van der Waals surface area contributed by atoms with E-state index in [0.29, 0.717) is 11.5 Å². The molecule has 0 fully saturated rings. The molecule has 1 amide bonds. The number of hydrazine groups is 1. The number of carbonyl (C=O) groups excluding carboxylic acids is 2. The Morgan fingerprint density at radius 3 is 2.57 bits per heavy atom. The van der Waals surface area contributed by atoms with Crippen LogP contribution >= 0.6 is 0 Å². The Kier molecular flexibility index (Phi) is 5.14. The Morgan fingerprint density at radius 1 is 1.22 bits per heavy atom. The van der Waals surface area contributed by atoms with Gasteiger partial charge in [0.15, 0.2) is 17.8 Å². The Labute approximate surface area is 132 Å². The maximum atomic E-state index is 11.8. The number of para-hydroxylation sites is 1. The van der Waals surface area contributed by atoms with Crippen molar-refractivity contribution in [1.29, 1.82) is 0 Å². The molecule has 0 aliphatic carbocycles. The summed E-state index contributed by atoms with van der Waals surface area (Å²) in [5.41, 5.74) is 4.14. The van der Waals surface area contributed by atoms with Gasteiger partial charge in [0.25, 0.3) is 5.91 Å². The van der Waals surface area contributed by atoms with Crippen molar-refractivity contribution in [3.8, 4) is 5.75 Å². The molecule has 0 bridgehead atoms. The van der Waals surface area contributed by atoms with Gasteiger partial charge in [-0.15, -0.1) is 0 Å². The Morgan fingerprint density at radius 2 is 1.91 bits per heavy atom. The number of amides is 1. The standard InChI is InChI=1S/C16H16N2O5/c1-10-8-13(20)15(11(2)19)16(23-10)18-17-14(21)9-22-12-6-4-3-5-7-12/h3-8,18H,9H2,1-2H3,(H,17,21).